The largest absolute Gasteiger partial charge is 0.361 e. The van der Waals surface area contributed by atoms with Crippen molar-refractivity contribution in [2.24, 2.45) is 0 Å². The summed E-state index contributed by atoms with van der Waals surface area (Å²) in [6, 6.07) is 13.5. The number of nitrogens with one attached hydrogen (secondary N) is 3. The molecule has 0 aliphatic carbocycles. The molecule has 1 amide bonds. The highest BCUT2D eigenvalue weighted by Gasteiger charge is 2.10. The maximum atomic E-state index is 12.3. The minimum absolute atomic E-state index is 0.0613. The number of benzene rings is 2. The van der Waals surface area contributed by atoms with Crippen LogP contribution in [0.4, 0.5) is 5.69 Å². The first-order chi connectivity index (χ1) is 12.2. The summed E-state index contributed by atoms with van der Waals surface area (Å²) in [4.78, 5) is 15.6. The molecule has 2 heterocycles. The molecule has 4 aromatic rings. The molecular formula is C18H16N6O. The highest BCUT2D eigenvalue weighted by atomic mass is 16.1. The molecule has 0 atom stereocenters. The molecular weight excluding hydrogens is 316 g/mol. The van der Waals surface area contributed by atoms with E-state index in [0.717, 1.165) is 27.7 Å². The number of carbonyl (C=O) groups is 1. The molecule has 124 valence electrons. The Bertz CT molecular complexity index is 1020. The summed E-state index contributed by atoms with van der Waals surface area (Å²) in [5.41, 5.74) is 4.78. The van der Waals surface area contributed by atoms with Gasteiger partial charge in [-0.15, -0.1) is 10.2 Å². The van der Waals surface area contributed by atoms with Crippen molar-refractivity contribution >= 4 is 22.5 Å². The van der Waals surface area contributed by atoms with Gasteiger partial charge in [0.05, 0.1) is 6.42 Å². The fourth-order valence-electron chi connectivity index (χ4n) is 2.81. The Kier molecular flexibility index (Phi) is 3.74. The fourth-order valence-corrected chi connectivity index (χ4v) is 2.81. The minimum Gasteiger partial charge on any atom is -0.361 e. The summed E-state index contributed by atoms with van der Waals surface area (Å²) in [5.74, 6) is 0.459. The minimum atomic E-state index is -0.0613. The Balaban J connectivity index is 1.46. The van der Waals surface area contributed by atoms with Gasteiger partial charge < -0.3 is 10.3 Å². The van der Waals surface area contributed by atoms with Gasteiger partial charge in [0, 0.05) is 28.4 Å². The molecule has 2 aromatic heterocycles. The summed E-state index contributed by atoms with van der Waals surface area (Å²) < 4.78 is 0. The van der Waals surface area contributed by atoms with Crippen LogP contribution in [-0.2, 0) is 11.2 Å². The zero-order valence-corrected chi connectivity index (χ0v) is 13.6. The van der Waals surface area contributed by atoms with E-state index in [9.17, 15) is 4.79 Å². The van der Waals surface area contributed by atoms with Crippen LogP contribution in [0.1, 0.15) is 11.1 Å². The normalized spacial score (nSPS) is 10.9. The molecule has 0 radical (unpaired) electrons. The van der Waals surface area contributed by atoms with Gasteiger partial charge in [-0.25, -0.2) is 0 Å². The molecule has 0 spiro atoms. The summed E-state index contributed by atoms with van der Waals surface area (Å²) >= 11 is 0. The average Bonchev–Trinajstić information content (AvgIpc) is 3.26. The van der Waals surface area contributed by atoms with E-state index >= 15 is 0 Å². The number of nitrogens with zero attached hydrogens (tertiary/aromatic N) is 3. The van der Waals surface area contributed by atoms with Crippen LogP contribution in [0.3, 0.4) is 0 Å². The van der Waals surface area contributed by atoms with E-state index in [4.69, 9.17) is 0 Å². The van der Waals surface area contributed by atoms with Gasteiger partial charge in [0.25, 0.3) is 0 Å². The zero-order valence-electron chi connectivity index (χ0n) is 13.6. The number of hydrogen-bond acceptors (Lipinski definition) is 4. The molecule has 0 fully saturated rings. The third-order valence-electron chi connectivity index (χ3n) is 4.05. The third-order valence-corrected chi connectivity index (χ3v) is 4.05. The highest BCUT2D eigenvalue weighted by molar-refractivity contribution is 5.96. The summed E-state index contributed by atoms with van der Waals surface area (Å²) in [6.07, 6.45) is 2.21. The number of tetrazole rings is 1. The van der Waals surface area contributed by atoms with Gasteiger partial charge in [-0.3, -0.25) is 4.79 Å². The van der Waals surface area contributed by atoms with Gasteiger partial charge in [-0.2, -0.15) is 5.21 Å². The van der Waals surface area contributed by atoms with Crippen LogP contribution in [0.15, 0.2) is 48.7 Å². The molecule has 3 N–H and O–H groups in total. The second-order valence-corrected chi connectivity index (χ2v) is 5.90. The molecule has 25 heavy (non-hydrogen) atoms. The molecule has 7 heteroatoms. The maximum Gasteiger partial charge on any atom is 0.228 e. The molecule has 0 unspecified atom stereocenters. The second-order valence-electron chi connectivity index (χ2n) is 5.90. The predicted molar refractivity (Wildman–Crippen MR) is 95.0 cm³/mol. The van der Waals surface area contributed by atoms with Crippen LogP contribution in [0.2, 0.25) is 0 Å². The van der Waals surface area contributed by atoms with Gasteiger partial charge in [0.1, 0.15) is 0 Å². The molecule has 0 saturated carbocycles. The average molecular weight is 332 g/mol. The third kappa shape index (κ3) is 3.12. The van der Waals surface area contributed by atoms with Crippen molar-refractivity contribution in [2.75, 3.05) is 5.32 Å². The lowest BCUT2D eigenvalue weighted by molar-refractivity contribution is -0.115. The summed E-state index contributed by atoms with van der Waals surface area (Å²) in [5, 5.41) is 17.8. The van der Waals surface area contributed by atoms with Crippen molar-refractivity contribution in [2.45, 2.75) is 13.3 Å². The number of fused-ring (bicyclic) bond motifs is 1. The van der Waals surface area contributed by atoms with E-state index in [1.54, 1.807) is 0 Å². The van der Waals surface area contributed by atoms with Crippen molar-refractivity contribution in [1.29, 1.82) is 0 Å². The Morgan fingerprint density at radius 1 is 1.16 bits per heavy atom. The first-order valence-corrected chi connectivity index (χ1v) is 7.89. The predicted octanol–water partition coefficient (Wildman–Crippen LogP) is 2.84. The molecule has 4 rings (SSSR count). The number of rotatable bonds is 4. The van der Waals surface area contributed by atoms with E-state index in [-0.39, 0.29) is 5.91 Å². The molecule has 0 aliphatic rings. The van der Waals surface area contributed by atoms with E-state index in [2.05, 4.69) is 37.0 Å². The maximum absolute atomic E-state index is 12.3. The molecule has 0 bridgehead atoms. The van der Waals surface area contributed by atoms with Gasteiger partial charge in [0.2, 0.25) is 11.7 Å². The number of anilines is 1. The summed E-state index contributed by atoms with van der Waals surface area (Å²) in [7, 11) is 0. The van der Waals surface area contributed by atoms with Crippen molar-refractivity contribution < 1.29 is 4.79 Å². The molecule has 0 saturated heterocycles. The van der Waals surface area contributed by atoms with Crippen molar-refractivity contribution in [3.8, 4) is 11.4 Å². The lowest BCUT2D eigenvalue weighted by atomic mass is 10.1. The number of H-pyrrole nitrogens is 2. The summed E-state index contributed by atoms with van der Waals surface area (Å²) in [6.45, 7) is 2.05. The van der Waals surface area contributed by atoms with Gasteiger partial charge in [-0.1, -0.05) is 12.1 Å². The van der Waals surface area contributed by atoms with Gasteiger partial charge >= 0.3 is 0 Å². The van der Waals surface area contributed by atoms with Gasteiger partial charge in [0.15, 0.2) is 0 Å². The lowest BCUT2D eigenvalue weighted by Gasteiger charge is -2.05. The molecule has 2 aromatic carbocycles. The Hall–Kier alpha value is -3.48. The first-order valence-electron chi connectivity index (χ1n) is 7.89. The van der Waals surface area contributed by atoms with Crippen molar-refractivity contribution in [3.63, 3.8) is 0 Å². The number of aryl methyl sites for hydroxylation is 1. The van der Waals surface area contributed by atoms with Crippen LogP contribution < -0.4 is 5.32 Å². The molecule has 0 aliphatic heterocycles. The monoisotopic (exact) mass is 332 g/mol. The smallest absolute Gasteiger partial charge is 0.228 e. The quantitative estimate of drug-likeness (QED) is 0.535. The number of carbonyl (C=O) groups excluding carboxylic acids is 1. The number of aromatic amines is 2. The highest BCUT2D eigenvalue weighted by Crippen LogP contribution is 2.21. The van der Waals surface area contributed by atoms with Crippen LogP contribution in [-0.4, -0.2) is 31.5 Å². The van der Waals surface area contributed by atoms with E-state index in [0.29, 0.717) is 12.2 Å². The van der Waals surface area contributed by atoms with E-state index < -0.39 is 0 Å². The van der Waals surface area contributed by atoms with Crippen molar-refractivity contribution in [3.05, 3.63) is 59.8 Å². The van der Waals surface area contributed by atoms with Crippen LogP contribution in [0.5, 0.6) is 0 Å². The Morgan fingerprint density at radius 3 is 2.76 bits per heavy atom. The number of aromatic nitrogens is 5. The second kappa shape index (κ2) is 6.20. The SMILES string of the molecule is Cc1ccc2c(CC(=O)Nc3ccc(-c4nn[nH]n4)cc3)c[nH]c2c1. The van der Waals surface area contributed by atoms with E-state index in [1.165, 1.54) is 5.56 Å². The number of amides is 1. The first kappa shape index (κ1) is 15.1. The Morgan fingerprint density at radius 2 is 2.00 bits per heavy atom. The number of hydrogen-bond donors (Lipinski definition) is 3. The zero-order chi connectivity index (χ0) is 17.2. The Labute approximate surface area is 143 Å². The van der Waals surface area contributed by atoms with E-state index in [1.807, 2.05) is 49.5 Å². The topological polar surface area (TPSA) is 99.3 Å². The van der Waals surface area contributed by atoms with Crippen LogP contribution in [0, 0.1) is 6.92 Å². The van der Waals surface area contributed by atoms with Crippen LogP contribution >= 0.6 is 0 Å². The standard InChI is InChI=1S/C18H16N6O/c1-11-2-7-15-13(10-19-16(15)8-11)9-17(25)20-14-5-3-12(4-6-14)18-21-23-24-22-18/h2-8,10,19H,9H2,1H3,(H,20,25)(H,21,22,23,24). The van der Waals surface area contributed by atoms with Crippen LogP contribution in [0.25, 0.3) is 22.3 Å². The fraction of sp³-hybridized carbons (Fsp3) is 0.111. The molecule has 7 nitrogen and oxygen atoms in total. The van der Waals surface area contributed by atoms with Crippen molar-refractivity contribution in [1.82, 2.24) is 25.6 Å². The lowest BCUT2D eigenvalue weighted by Crippen LogP contribution is -2.14. The van der Waals surface area contributed by atoms with Gasteiger partial charge in [-0.05, 0) is 53.6 Å².